The molecule has 0 bridgehead atoms. The molecule has 3 rings (SSSR count). The quantitative estimate of drug-likeness (QED) is 0.736. The number of hydrogen-bond donors (Lipinski definition) is 0. The fraction of sp³-hybridized carbons (Fsp3) is 0.188. The summed E-state index contributed by atoms with van der Waals surface area (Å²) in [6.07, 6.45) is 1.60. The van der Waals surface area contributed by atoms with Crippen molar-refractivity contribution in [1.82, 2.24) is 14.2 Å². The number of halogens is 1. The van der Waals surface area contributed by atoms with Gasteiger partial charge in [-0.15, -0.1) is 5.10 Å². The summed E-state index contributed by atoms with van der Waals surface area (Å²) in [5, 5.41) is 4.14. The SMILES string of the molecule is CCN(C(=O)Cn1nc2ccccn2c1=O)c1ccc(F)cc1. The van der Waals surface area contributed by atoms with Gasteiger partial charge in [-0.25, -0.2) is 13.9 Å². The molecule has 0 saturated heterocycles. The molecule has 3 aromatic rings. The van der Waals surface area contributed by atoms with E-state index < -0.39 is 0 Å². The van der Waals surface area contributed by atoms with E-state index in [9.17, 15) is 14.0 Å². The molecule has 0 N–H and O–H groups in total. The summed E-state index contributed by atoms with van der Waals surface area (Å²) in [5.74, 6) is -0.654. The third-order valence-corrected chi connectivity index (χ3v) is 3.53. The van der Waals surface area contributed by atoms with Crippen LogP contribution in [-0.4, -0.2) is 26.6 Å². The minimum absolute atomic E-state index is 0.175. The van der Waals surface area contributed by atoms with Gasteiger partial charge in [0.15, 0.2) is 5.65 Å². The van der Waals surface area contributed by atoms with Crippen LogP contribution < -0.4 is 10.6 Å². The summed E-state index contributed by atoms with van der Waals surface area (Å²) in [6, 6.07) is 10.8. The summed E-state index contributed by atoms with van der Waals surface area (Å²) in [4.78, 5) is 26.2. The van der Waals surface area contributed by atoms with Gasteiger partial charge < -0.3 is 4.90 Å². The molecule has 0 aliphatic heterocycles. The van der Waals surface area contributed by atoms with Gasteiger partial charge in [0.2, 0.25) is 5.91 Å². The number of nitrogens with zero attached hydrogens (tertiary/aromatic N) is 4. The van der Waals surface area contributed by atoms with Gasteiger partial charge in [0, 0.05) is 18.4 Å². The fourth-order valence-corrected chi connectivity index (χ4v) is 2.41. The Morgan fingerprint density at radius 2 is 1.96 bits per heavy atom. The van der Waals surface area contributed by atoms with E-state index in [-0.39, 0.29) is 24.0 Å². The summed E-state index contributed by atoms with van der Waals surface area (Å²) < 4.78 is 15.5. The van der Waals surface area contributed by atoms with Gasteiger partial charge in [-0.1, -0.05) is 6.07 Å². The number of aromatic nitrogens is 3. The molecule has 0 saturated carbocycles. The fourth-order valence-electron chi connectivity index (χ4n) is 2.41. The summed E-state index contributed by atoms with van der Waals surface area (Å²) >= 11 is 0. The van der Waals surface area contributed by atoms with E-state index in [0.29, 0.717) is 17.9 Å². The molecule has 0 unspecified atom stereocenters. The average molecular weight is 314 g/mol. The molecule has 7 heteroatoms. The second-order valence-corrected chi connectivity index (χ2v) is 4.98. The highest BCUT2D eigenvalue weighted by Crippen LogP contribution is 2.15. The number of carbonyl (C=O) groups is 1. The molecule has 0 aliphatic carbocycles. The standard InChI is InChI=1S/C16H15FN4O2/c1-2-19(13-8-6-12(17)7-9-13)15(22)11-21-16(23)20-10-4-3-5-14(20)18-21/h3-10H,2,11H2,1H3. The predicted molar refractivity (Wildman–Crippen MR) is 83.9 cm³/mol. The summed E-state index contributed by atoms with van der Waals surface area (Å²) in [6.45, 7) is 2.05. The minimum Gasteiger partial charge on any atom is -0.311 e. The van der Waals surface area contributed by atoms with Crippen molar-refractivity contribution in [2.45, 2.75) is 13.5 Å². The molecule has 2 aromatic heterocycles. The molecule has 2 heterocycles. The Bertz CT molecular complexity index is 898. The van der Waals surface area contributed by atoms with Crippen LogP contribution >= 0.6 is 0 Å². The Labute approximate surface area is 131 Å². The molecule has 0 aliphatic rings. The molecule has 0 spiro atoms. The number of anilines is 1. The van der Waals surface area contributed by atoms with E-state index in [1.807, 2.05) is 6.92 Å². The molecule has 1 aromatic carbocycles. The number of hydrogen-bond acceptors (Lipinski definition) is 3. The first-order valence-electron chi connectivity index (χ1n) is 7.20. The molecule has 0 atom stereocenters. The number of pyridine rings is 1. The number of likely N-dealkylation sites (N-methyl/N-ethyl adjacent to an activating group) is 1. The van der Waals surface area contributed by atoms with Crippen molar-refractivity contribution in [1.29, 1.82) is 0 Å². The maximum absolute atomic E-state index is 13.0. The van der Waals surface area contributed by atoms with E-state index in [1.165, 1.54) is 33.6 Å². The minimum atomic E-state index is -0.371. The number of fused-ring (bicyclic) bond motifs is 1. The highest BCUT2D eigenvalue weighted by molar-refractivity contribution is 5.93. The maximum atomic E-state index is 13.0. The predicted octanol–water partition coefficient (Wildman–Crippen LogP) is 1.69. The van der Waals surface area contributed by atoms with E-state index in [0.717, 1.165) is 4.68 Å². The van der Waals surface area contributed by atoms with Gasteiger partial charge in [0.25, 0.3) is 0 Å². The molecule has 118 valence electrons. The Balaban J connectivity index is 1.88. The molecule has 1 amide bonds. The van der Waals surface area contributed by atoms with Gasteiger partial charge in [0.1, 0.15) is 12.4 Å². The van der Waals surface area contributed by atoms with Crippen molar-refractivity contribution in [3.8, 4) is 0 Å². The highest BCUT2D eigenvalue weighted by Gasteiger charge is 2.17. The van der Waals surface area contributed by atoms with Crippen molar-refractivity contribution in [2.75, 3.05) is 11.4 Å². The van der Waals surface area contributed by atoms with Gasteiger partial charge in [-0.2, -0.15) is 0 Å². The van der Waals surface area contributed by atoms with Crippen LogP contribution in [0.15, 0.2) is 53.5 Å². The first kappa shape index (κ1) is 15.0. The van der Waals surface area contributed by atoms with Gasteiger partial charge >= 0.3 is 5.69 Å². The Morgan fingerprint density at radius 1 is 1.22 bits per heavy atom. The van der Waals surface area contributed by atoms with Crippen molar-refractivity contribution >= 4 is 17.2 Å². The zero-order valence-electron chi connectivity index (χ0n) is 12.5. The zero-order valence-corrected chi connectivity index (χ0v) is 12.5. The molecular formula is C16H15FN4O2. The van der Waals surface area contributed by atoms with Crippen LogP contribution in [0.5, 0.6) is 0 Å². The van der Waals surface area contributed by atoms with Crippen molar-refractivity contribution in [3.05, 3.63) is 65.0 Å². The van der Waals surface area contributed by atoms with Crippen LogP contribution in [0.2, 0.25) is 0 Å². The molecule has 0 radical (unpaired) electrons. The maximum Gasteiger partial charge on any atom is 0.350 e. The van der Waals surface area contributed by atoms with Crippen molar-refractivity contribution < 1.29 is 9.18 Å². The highest BCUT2D eigenvalue weighted by atomic mass is 19.1. The van der Waals surface area contributed by atoms with Crippen LogP contribution in [-0.2, 0) is 11.3 Å². The van der Waals surface area contributed by atoms with Gasteiger partial charge in [-0.05, 0) is 43.3 Å². The Kier molecular flexibility index (Phi) is 3.92. The summed E-state index contributed by atoms with van der Waals surface area (Å²) in [5.41, 5.74) is 0.690. The third kappa shape index (κ3) is 2.85. The Morgan fingerprint density at radius 3 is 2.61 bits per heavy atom. The van der Waals surface area contributed by atoms with Crippen LogP contribution in [0.4, 0.5) is 10.1 Å². The molecular weight excluding hydrogens is 299 g/mol. The molecule has 6 nitrogen and oxygen atoms in total. The lowest BCUT2D eigenvalue weighted by Crippen LogP contribution is -2.36. The van der Waals surface area contributed by atoms with Crippen molar-refractivity contribution in [2.24, 2.45) is 0 Å². The van der Waals surface area contributed by atoms with Crippen LogP contribution in [0.1, 0.15) is 6.92 Å². The zero-order chi connectivity index (χ0) is 16.4. The lowest BCUT2D eigenvalue weighted by Gasteiger charge is -2.20. The number of carbonyl (C=O) groups excluding carboxylic acids is 1. The van der Waals surface area contributed by atoms with E-state index in [4.69, 9.17) is 0 Å². The van der Waals surface area contributed by atoms with Crippen LogP contribution in [0.25, 0.3) is 5.65 Å². The lowest BCUT2D eigenvalue weighted by molar-refractivity contribution is -0.119. The number of rotatable bonds is 4. The van der Waals surface area contributed by atoms with E-state index >= 15 is 0 Å². The molecule has 23 heavy (non-hydrogen) atoms. The first-order valence-corrected chi connectivity index (χ1v) is 7.20. The third-order valence-electron chi connectivity index (χ3n) is 3.53. The Hall–Kier alpha value is -2.96. The summed E-state index contributed by atoms with van der Waals surface area (Å²) in [7, 11) is 0. The largest absolute Gasteiger partial charge is 0.350 e. The second kappa shape index (κ2) is 6.04. The normalized spacial score (nSPS) is 10.9. The first-order chi connectivity index (χ1) is 11.1. The van der Waals surface area contributed by atoms with Gasteiger partial charge in [-0.3, -0.25) is 9.20 Å². The van der Waals surface area contributed by atoms with Crippen LogP contribution in [0.3, 0.4) is 0 Å². The van der Waals surface area contributed by atoms with E-state index in [2.05, 4.69) is 5.10 Å². The smallest absolute Gasteiger partial charge is 0.311 e. The number of amides is 1. The van der Waals surface area contributed by atoms with Crippen LogP contribution in [0, 0.1) is 5.82 Å². The average Bonchev–Trinajstić information content (AvgIpc) is 2.86. The lowest BCUT2D eigenvalue weighted by atomic mass is 10.2. The van der Waals surface area contributed by atoms with E-state index in [1.54, 1.807) is 24.4 Å². The second-order valence-electron chi connectivity index (χ2n) is 4.98. The number of benzene rings is 1. The van der Waals surface area contributed by atoms with Crippen molar-refractivity contribution in [3.63, 3.8) is 0 Å². The topological polar surface area (TPSA) is 59.6 Å². The van der Waals surface area contributed by atoms with Gasteiger partial charge in [0.05, 0.1) is 0 Å². The molecule has 0 fully saturated rings. The monoisotopic (exact) mass is 314 g/mol.